The van der Waals surface area contributed by atoms with E-state index < -0.39 is 0 Å². The lowest BCUT2D eigenvalue weighted by atomic mass is 10.0. The highest BCUT2D eigenvalue weighted by Crippen LogP contribution is 2.24. The Labute approximate surface area is 118 Å². The maximum atomic E-state index is 4.41. The normalized spacial score (nSPS) is 14.3. The molecule has 0 spiro atoms. The van der Waals surface area contributed by atoms with Crippen molar-refractivity contribution in [3.63, 3.8) is 0 Å². The van der Waals surface area contributed by atoms with Crippen LogP contribution in [0.2, 0.25) is 0 Å². The molecule has 20 heavy (non-hydrogen) atoms. The van der Waals surface area contributed by atoms with Gasteiger partial charge in [0.1, 0.15) is 0 Å². The third-order valence-corrected chi connectivity index (χ3v) is 3.32. The zero-order valence-electron chi connectivity index (χ0n) is 11.8. The van der Waals surface area contributed by atoms with E-state index in [2.05, 4.69) is 51.8 Å². The summed E-state index contributed by atoms with van der Waals surface area (Å²) in [5, 5.41) is 14.5. The lowest BCUT2D eigenvalue weighted by Gasteiger charge is -2.09. The number of hydrogen-bond acceptors (Lipinski definition) is 5. The van der Waals surface area contributed by atoms with E-state index in [0.29, 0.717) is 17.9 Å². The molecule has 3 rings (SSSR count). The molecule has 5 nitrogen and oxygen atoms in total. The van der Waals surface area contributed by atoms with E-state index in [-0.39, 0.29) is 0 Å². The molecule has 1 aromatic heterocycles. The minimum absolute atomic E-state index is 0.521. The Bertz CT molecular complexity index is 575. The van der Waals surface area contributed by atoms with Gasteiger partial charge in [0.15, 0.2) is 5.82 Å². The van der Waals surface area contributed by atoms with E-state index in [9.17, 15) is 0 Å². The summed E-state index contributed by atoms with van der Waals surface area (Å²) in [4.78, 5) is 4.41. The van der Waals surface area contributed by atoms with Crippen molar-refractivity contribution in [3.05, 3.63) is 36.0 Å². The van der Waals surface area contributed by atoms with Gasteiger partial charge in [-0.2, -0.15) is 10.1 Å². The largest absolute Gasteiger partial charge is 0.366 e. The fourth-order valence-corrected chi connectivity index (χ4v) is 1.94. The summed E-state index contributed by atoms with van der Waals surface area (Å²) in [6.45, 7) is 4.37. The van der Waals surface area contributed by atoms with Crippen molar-refractivity contribution in [3.8, 4) is 0 Å². The topological polar surface area (TPSA) is 62.7 Å². The van der Waals surface area contributed by atoms with Crippen LogP contribution >= 0.6 is 0 Å². The summed E-state index contributed by atoms with van der Waals surface area (Å²) in [7, 11) is 0. The van der Waals surface area contributed by atoms with E-state index in [1.807, 2.05) is 12.1 Å². The lowest BCUT2D eigenvalue weighted by molar-refractivity contribution is 0.867. The summed E-state index contributed by atoms with van der Waals surface area (Å²) in [6.07, 6.45) is 4.08. The quantitative estimate of drug-likeness (QED) is 0.872. The van der Waals surface area contributed by atoms with E-state index in [1.54, 1.807) is 6.20 Å². The van der Waals surface area contributed by atoms with Gasteiger partial charge in [0.2, 0.25) is 5.95 Å². The van der Waals surface area contributed by atoms with Gasteiger partial charge in [-0.25, -0.2) is 0 Å². The third kappa shape index (κ3) is 3.23. The van der Waals surface area contributed by atoms with Crippen molar-refractivity contribution in [2.24, 2.45) is 0 Å². The second-order valence-corrected chi connectivity index (χ2v) is 5.49. The summed E-state index contributed by atoms with van der Waals surface area (Å²) >= 11 is 0. The summed E-state index contributed by atoms with van der Waals surface area (Å²) < 4.78 is 0. The molecule has 0 unspecified atom stereocenters. The van der Waals surface area contributed by atoms with Crippen molar-refractivity contribution in [1.82, 2.24) is 15.2 Å². The van der Waals surface area contributed by atoms with Gasteiger partial charge in [0.05, 0.1) is 6.20 Å². The zero-order chi connectivity index (χ0) is 13.9. The first-order chi connectivity index (χ1) is 9.70. The number of nitrogens with zero attached hydrogens (tertiary/aromatic N) is 3. The predicted octanol–water partition coefficient (Wildman–Crippen LogP) is 3.31. The highest BCUT2D eigenvalue weighted by Gasteiger charge is 2.21. The monoisotopic (exact) mass is 269 g/mol. The molecule has 0 amide bonds. The van der Waals surface area contributed by atoms with Gasteiger partial charge in [-0.05, 0) is 36.5 Å². The number of anilines is 3. The van der Waals surface area contributed by atoms with Gasteiger partial charge in [0.25, 0.3) is 0 Å². The molecule has 0 radical (unpaired) electrons. The first kappa shape index (κ1) is 12.8. The number of benzene rings is 1. The molecule has 1 heterocycles. The smallest absolute Gasteiger partial charge is 0.249 e. The Hall–Kier alpha value is -2.17. The molecule has 1 fully saturated rings. The molecule has 1 aromatic carbocycles. The minimum atomic E-state index is 0.521. The molecule has 5 heteroatoms. The van der Waals surface area contributed by atoms with E-state index >= 15 is 0 Å². The van der Waals surface area contributed by atoms with Crippen LogP contribution in [0, 0.1) is 0 Å². The number of hydrogen-bond donors (Lipinski definition) is 2. The highest BCUT2D eigenvalue weighted by atomic mass is 15.3. The van der Waals surface area contributed by atoms with Crippen LogP contribution in [0.4, 0.5) is 17.5 Å². The molecule has 0 aliphatic heterocycles. The number of nitrogens with one attached hydrogen (secondary N) is 2. The number of rotatable bonds is 5. The molecular weight excluding hydrogens is 250 g/mol. The highest BCUT2D eigenvalue weighted by molar-refractivity contribution is 5.54. The average molecular weight is 269 g/mol. The maximum absolute atomic E-state index is 4.41. The Morgan fingerprint density at radius 3 is 2.55 bits per heavy atom. The fraction of sp³-hybridized carbons (Fsp3) is 0.400. The molecule has 2 aromatic rings. The molecule has 104 valence electrons. The van der Waals surface area contributed by atoms with Crippen LogP contribution in [-0.4, -0.2) is 21.2 Å². The Morgan fingerprint density at radius 1 is 1.15 bits per heavy atom. The molecule has 0 atom stereocenters. The fourth-order valence-electron chi connectivity index (χ4n) is 1.94. The number of aromatic nitrogens is 3. The van der Waals surface area contributed by atoms with Crippen molar-refractivity contribution in [1.29, 1.82) is 0 Å². The maximum Gasteiger partial charge on any atom is 0.249 e. The second-order valence-electron chi connectivity index (χ2n) is 5.49. The first-order valence-electron chi connectivity index (χ1n) is 7.04. The zero-order valence-corrected chi connectivity index (χ0v) is 11.8. The van der Waals surface area contributed by atoms with Crippen molar-refractivity contribution < 1.29 is 0 Å². The van der Waals surface area contributed by atoms with Gasteiger partial charge >= 0.3 is 0 Å². The SMILES string of the molecule is CC(C)c1ccc(Nc2nncc(NC3CC3)n2)cc1. The predicted molar refractivity (Wildman–Crippen MR) is 80.3 cm³/mol. The summed E-state index contributed by atoms with van der Waals surface area (Å²) in [6, 6.07) is 8.88. The van der Waals surface area contributed by atoms with E-state index in [1.165, 1.54) is 18.4 Å². The van der Waals surface area contributed by atoms with Crippen molar-refractivity contribution in [2.45, 2.75) is 38.6 Å². The molecule has 1 saturated carbocycles. The summed E-state index contributed by atoms with van der Waals surface area (Å²) in [5.41, 5.74) is 2.29. The van der Waals surface area contributed by atoms with Crippen molar-refractivity contribution in [2.75, 3.05) is 10.6 Å². The van der Waals surface area contributed by atoms with Crippen LogP contribution in [0.5, 0.6) is 0 Å². The van der Waals surface area contributed by atoms with Crippen LogP contribution in [0.15, 0.2) is 30.5 Å². The molecular formula is C15H19N5. The van der Waals surface area contributed by atoms with Crippen molar-refractivity contribution >= 4 is 17.5 Å². The molecule has 1 aliphatic carbocycles. The molecule has 1 aliphatic rings. The lowest BCUT2D eigenvalue weighted by Crippen LogP contribution is -2.06. The van der Waals surface area contributed by atoms with Gasteiger partial charge < -0.3 is 10.6 Å². The van der Waals surface area contributed by atoms with Gasteiger partial charge in [0, 0.05) is 11.7 Å². The van der Waals surface area contributed by atoms with Crippen LogP contribution < -0.4 is 10.6 Å². The van der Waals surface area contributed by atoms with E-state index in [0.717, 1.165) is 11.5 Å². The van der Waals surface area contributed by atoms with Gasteiger partial charge in [-0.1, -0.05) is 26.0 Å². The Balaban J connectivity index is 1.69. The van der Waals surface area contributed by atoms with Gasteiger partial charge in [-0.3, -0.25) is 0 Å². The Morgan fingerprint density at radius 2 is 1.90 bits per heavy atom. The molecule has 2 N–H and O–H groups in total. The standard InChI is InChI=1S/C15H19N5/c1-10(2)11-3-5-13(6-4-11)18-15-19-14(9-16-20-15)17-12-7-8-12/h3-6,9-10,12H,7-8H2,1-2H3,(H2,17,18,19,20). The first-order valence-corrected chi connectivity index (χ1v) is 7.04. The van der Waals surface area contributed by atoms with Crippen LogP contribution in [0.3, 0.4) is 0 Å². The van der Waals surface area contributed by atoms with Crippen LogP contribution in [0.1, 0.15) is 38.2 Å². The third-order valence-electron chi connectivity index (χ3n) is 3.32. The van der Waals surface area contributed by atoms with Crippen LogP contribution in [0.25, 0.3) is 0 Å². The van der Waals surface area contributed by atoms with Crippen LogP contribution in [-0.2, 0) is 0 Å². The average Bonchev–Trinajstić information content (AvgIpc) is 3.24. The van der Waals surface area contributed by atoms with Gasteiger partial charge in [-0.15, -0.1) is 5.10 Å². The Kier molecular flexibility index (Phi) is 3.50. The van der Waals surface area contributed by atoms with E-state index in [4.69, 9.17) is 0 Å². The molecule has 0 bridgehead atoms. The summed E-state index contributed by atoms with van der Waals surface area (Å²) in [5.74, 6) is 1.84. The second kappa shape index (κ2) is 5.45. The minimum Gasteiger partial charge on any atom is -0.366 e. The molecule has 0 saturated heterocycles.